The van der Waals surface area contributed by atoms with Crippen LogP contribution < -0.4 is 10.6 Å². The molecule has 1 fully saturated rings. The van der Waals surface area contributed by atoms with Crippen LogP contribution >= 0.6 is 0 Å². The summed E-state index contributed by atoms with van der Waals surface area (Å²) in [6, 6.07) is 3.58. The number of aromatic amines is 1. The molecule has 9 nitrogen and oxygen atoms in total. The molecule has 2 N–H and O–H groups in total. The monoisotopic (exact) mass is 340 g/mol. The summed E-state index contributed by atoms with van der Waals surface area (Å²) in [5.41, 5.74) is 1.10. The van der Waals surface area contributed by atoms with E-state index in [1.807, 2.05) is 11.0 Å². The number of carboxylic acids is 1. The van der Waals surface area contributed by atoms with Gasteiger partial charge in [0.15, 0.2) is 11.3 Å². The van der Waals surface area contributed by atoms with Crippen molar-refractivity contribution >= 4 is 23.0 Å². The number of aromatic carboxylic acids is 1. The Morgan fingerprint density at radius 3 is 2.92 bits per heavy atom. The van der Waals surface area contributed by atoms with Crippen molar-refractivity contribution in [3.05, 3.63) is 46.9 Å². The van der Waals surface area contributed by atoms with Gasteiger partial charge in [0.1, 0.15) is 5.82 Å². The number of hydrogen-bond acceptors (Lipinski definition) is 6. The molecule has 3 aromatic rings. The fourth-order valence-electron chi connectivity index (χ4n) is 3.27. The molecule has 128 valence electrons. The topological polar surface area (TPSA) is 117 Å². The van der Waals surface area contributed by atoms with Gasteiger partial charge in [0.05, 0.1) is 24.0 Å². The Bertz CT molecular complexity index is 977. The Kier molecular flexibility index (Phi) is 3.68. The molecule has 0 bridgehead atoms. The van der Waals surface area contributed by atoms with Gasteiger partial charge < -0.3 is 15.0 Å². The van der Waals surface area contributed by atoms with Crippen molar-refractivity contribution in [1.29, 1.82) is 0 Å². The van der Waals surface area contributed by atoms with Crippen molar-refractivity contribution < 1.29 is 9.90 Å². The van der Waals surface area contributed by atoms with Crippen LogP contribution in [-0.4, -0.2) is 48.7 Å². The summed E-state index contributed by atoms with van der Waals surface area (Å²) in [5.74, 6) is -0.498. The lowest BCUT2D eigenvalue weighted by Gasteiger charge is -2.33. The van der Waals surface area contributed by atoms with Crippen LogP contribution in [0.4, 0.5) is 5.82 Å². The number of hydrogen-bond donors (Lipinski definition) is 2. The second-order valence-electron chi connectivity index (χ2n) is 5.98. The molecule has 4 heterocycles. The fourth-order valence-corrected chi connectivity index (χ4v) is 3.27. The molecule has 3 aromatic heterocycles. The number of nitrogens with zero attached hydrogens (tertiary/aromatic N) is 5. The lowest BCUT2D eigenvalue weighted by atomic mass is 10.1. The van der Waals surface area contributed by atoms with E-state index in [1.54, 1.807) is 16.8 Å². The van der Waals surface area contributed by atoms with Gasteiger partial charge in [0.2, 0.25) is 0 Å². The molecule has 4 rings (SSSR count). The van der Waals surface area contributed by atoms with Crippen LogP contribution in [0.25, 0.3) is 11.2 Å². The summed E-state index contributed by atoms with van der Waals surface area (Å²) in [4.78, 5) is 40.5. The predicted octanol–water partition coefficient (Wildman–Crippen LogP) is 1.05. The predicted molar refractivity (Wildman–Crippen MR) is 89.8 cm³/mol. The molecule has 1 saturated heterocycles. The van der Waals surface area contributed by atoms with Gasteiger partial charge in [-0.1, -0.05) is 0 Å². The van der Waals surface area contributed by atoms with Crippen LogP contribution in [0.3, 0.4) is 0 Å². The third-order valence-electron chi connectivity index (χ3n) is 4.42. The van der Waals surface area contributed by atoms with Crippen LogP contribution in [0, 0.1) is 0 Å². The zero-order valence-electron chi connectivity index (χ0n) is 13.3. The Balaban J connectivity index is 1.63. The van der Waals surface area contributed by atoms with E-state index in [4.69, 9.17) is 5.11 Å². The normalized spacial score (nSPS) is 17.8. The number of piperidine rings is 1. The minimum absolute atomic E-state index is 0.0362. The maximum atomic E-state index is 12.4. The van der Waals surface area contributed by atoms with E-state index in [1.165, 1.54) is 12.4 Å². The van der Waals surface area contributed by atoms with E-state index in [9.17, 15) is 9.59 Å². The molecule has 0 aliphatic carbocycles. The smallest absolute Gasteiger partial charge is 0.356 e. The SMILES string of the molecule is O=C(O)c1cnc(N2CCCC(n3c(=O)[nH]c4cccnc43)C2)cn1. The molecule has 25 heavy (non-hydrogen) atoms. The first-order valence-electron chi connectivity index (χ1n) is 7.99. The lowest BCUT2D eigenvalue weighted by molar-refractivity contribution is 0.0690. The Labute approximate surface area is 142 Å². The van der Waals surface area contributed by atoms with Gasteiger partial charge in [0.25, 0.3) is 0 Å². The van der Waals surface area contributed by atoms with Gasteiger partial charge >= 0.3 is 11.7 Å². The second-order valence-corrected chi connectivity index (χ2v) is 5.98. The highest BCUT2D eigenvalue weighted by Gasteiger charge is 2.25. The highest BCUT2D eigenvalue weighted by atomic mass is 16.4. The van der Waals surface area contributed by atoms with Crippen molar-refractivity contribution in [2.75, 3.05) is 18.0 Å². The van der Waals surface area contributed by atoms with Crippen LogP contribution in [-0.2, 0) is 0 Å². The number of fused-ring (bicyclic) bond motifs is 1. The van der Waals surface area contributed by atoms with Gasteiger partial charge in [-0.2, -0.15) is 0 Å². The number of carbonyl (C=O) groups is 1. The van der Waals surface area contributed by atoms with Crippen LogP contribution in [0.1, 0.15) is 29.4 Å². The summed E-state index contributed by atoms with van der Waals surface area (Å²) in [6.45, 7) is 1.37. The van der Waals surface area contributed by atoms with Gasteiger partial charge in [-0.25, -0.2) is 24.5 Å². The zero-order valence-corrected chi connectivity index (χ0v) is 13.3. The van der Waals surface area contributed by atoms with E-state index in [-0.39, 0.29) is 17.4 Å². The van der Waals surface area contributed by atoms with Crippen LogP contribution in [0.2, 0.25) is 0 Å². The molecular weight excluding hydrogens is 324 g/mol. The highest BCUT2D eigenvalue weighted by molar-refractivity contribution is 5.84. The van der Waals surface area contributed by atoms with Gasteiger partial charge in [0, 0.05) is 19.3 Å². The average Bonchev–Trinajstić information content (AvgIpc) is 2.97. The Hall–Kier alpha value is -3.23. The molecule has 1 aliphatic rings. The van der Waals surface area contributed by atoms with Gasteiger partial charge in [-0.3, -0.25) is 4.57 Å². The number of imidazole rings is 1. The van der Waals surface area contributed by atoms with E-state index in [2.05, 4.69) is 19.9 Å². The molecule has 0 radical (unpaired) electrons. The molecular formula is C16H16N6O3. The first kappa shape index (κ1) is 15.3. The number of H-pyrrole nitrogens is 1. The van der Waals surface area contributed by atoms with Crippen molar-refractivity contribution in [3.63, 3.8) is 0 Å². The van der Waals surface area contributed by atoms with Crippen molar-refractivity contribution in [2.45, 2.75) is 18.9 Å². The summed E-state index contributed by atoms with van der Waals surface area (Å²) >= 11 is 0. The third kappa shape index (κ3) is 2.73. The summed E-state index contributed by atoms with van der Waals surface area (Å²) in [6.07, 6.45) is 6.13. The van der Waals surface area contributed by atoms with E-state index < -0.39 is 5.97 Å². The molecule has 1 unspecified atom stereocenters. The lowest BCUT2D eigenvalue weighted by Crippen LogP contribution is -2.39. The standard InChI is InChI=1S/C16H16N6O3/c23-15(24)12-7-19-13(8-18-12)21-6-2-3-10(9-21)22-14-11(20-16(22)25)4-1-5-17-14/h1,4-5,7-8,10H,2-3,6,9H2,(H,20,25)(H,23,24). The number of anilines is 1. The molecule has 1 atom stereocenters. The number of carboxylic acid groups (broad SMARTS) is 1. The second kappa shape index (κ2) is 6.00. The quantitative estimate of drug-likeness (QED) is 0.732. The number of aromatic nitrogens is 5. The Morgan fingerprint density at radius 2 is 2.16 bits per heavy atom. The van der Waals surface area contributed by atoms with Gasteiger partial charge in [-0.15, -0.1) is 0 Å². The minimum Gasteiger partial charge on any atom is -0.476 e. The highest BCUT2D eigenvalue weighted by Crippen LogP contribution is 2.25. The van der Waals surface area contributed by atoms with Crippen molar-refractivity contribution in [1.82, 2.24) is 24.5 Å². The average molecular weight is 340 g/mol. The minimum atomic E-state index is -1.10. The van der Waals surface area contributed by atoms with Gasteiger partial charge in [-0.05, 0) is 25.0 Å². The maximum Gasteiger partial charge on any atom is 0.356 e. The summed E-state index contributed by atoms with van der Waals surface area (Å²) in [7, 11) is 0. The van der Waals surface area contributed by atoms with E-state index >= 15 is 0 Å². The Morgan fingerprint density at radius 1 is 1.28 bits per heavy atom. The zero-order chi connectivity index (χ0) is 17.4. The van der Waals surface area contributed by atoms with Crippen LogP contribution in [0.5, 0.6) is 0 Å². The third-order valence-corrected chi connectivity index (χ3v) is 4.42. The summed E-state index contributed by atoms with van der Waals surface area (Å²) < 4.78 is 1.69. The first-order chi connectivity index (χ1) is 12.1. The van der Waals surface area contributed by atoms with Crippen molar-refractivity contribution in [3.8, 4) is 0 Å². The summed E-state index contributed by atoms with van der Waals surface area (Å²) in [5, 5.41) is 8.92. The molecule has 1 aliphatic heterocycles. The maximum absolute atomic E-state index is 12.4. The van der Waals surface area contributed by atoms with E-state index in [0.29, 0.717) is 18.0 Å². The number of nitrogens with one attached hydrogen (secondary N) is 1. The molecule has 0 saturated carbocycles. The molecule has 0 aromatic carbocycles. The van der Waals surface area contributed by atoms with Crippen molar-refractivity contribution in [2.24, 2.45) is 0 Å². The van der Waals surface area contributed by atoms with Crippen LogP contribution in [0.15, 0.2) is 35.5 Å². The van der Waals surface area contributed by atoms with E-state index in [0.717, 1.165) is 24.9 Å². The molecule has 9 heteroatoms. The number of pyridine rings is 1. The molecule has 0 spiro atoms. The molecule has 0 amide bonds. The largest absolute Gasteiger partial charge is 0.476 e. The fraction of sp³-hybridized carbons (Fsp3) is 0.312. The first-order valence-corrected chi connectivity index (χ1v) is 7.99. The number of rotatable bonds is 3.